The number of ether oxygens (including phenoxy) is 2. The summed E-state index contributed by atoms with van der Waals surface area (Å²) in [4.78, 5) is 23.5. The number of halogens is 2. The van der Waals surface area contributed by atoms with E-state index in [1.54, 1.807) is 12.1 Å². The standard InChI is InChI=1S/C21H21F2N3O3S/c1-10-16-11(2)25-18(13-5-6-13)26-20(16)30-17(10)19(27)24-9-12-4-7-14(29-21(22)23)15(8-12)28-3/h4,7-8,13,21H,5-6,9H2,1-3H3,(H,24,27). The van der Waals surface area contributed by atoms with Gasteiger partial charge in [-0.3, -0.25) is 4.79 Å². The molecule has 158 valence electrons. The van der Waals surface area contributed by atoms with Crippen molar-refractivity contribution < 1.29 is 23.0 Å². The number of nitrogens with zero attached hydrogens (tertiary/aromatic N) is 2. The predicted molar refractivity (Wildman–Crippen MR) is 110 cm³/mol. The molecule has 1 amide bonds. The van der Waals surface area contributed by atoms with Gasteiger partial charge in [0.25, 0.3) is 5.91 Å². The summed E-state index contributed by atoms with van der Waals surface area (Å²) in [7, 11) is 1.37. The molecule has 6 nitrogen and oxygen atoms in total. The quantitative estimate of drug-likeness (QED) is 0.583. The molecule has 3 aromatic rings. The van der Waals surface area contributed by atoms with Crippen molar-refractivity contribution in [3.63, 3.8) is 0 Å². The summed E-state index contributed by atoms with van der Waals surface area (Å²) < 4.78 is 34.4. The van der Waals surface area contributed by atoms with Crippen LogP contribution in [0.5, 0.6) is 11.5 Å². The van der Waals surface area contributed by atoms with Crippen molar-refractivity contribution in [3.8, 4) is 11.5 Å². The molecule has 0 aliphatic heterocycles. The highest BCUT2D eigenvalue weighted by Crippen LogP contribution is 2.40. The summed E-state index contributed by atoms with van der Waals surface area (Å²) >= 11 is 1.37. The van der Waals surface area contributed by atoms with Crippen molar-refractivity contribution in [2.24, 2.45) is 0 Å². The van der Waals surface area contributed by atoms with Crippen molar-refractivity contribution in [2.75, 3.05) is 7.11 Å². The second-order valence-corrected chi connectivity index (χ2v) is 8.22. The average molecular weight is 433 g/mol. The van der Waals surface area contributed by atoms with E-state index in [2.05, 4.69) is 20.0 Å². The molecule has 30 heavy (non-hydrogen) atoms. The smallest absolute Gasteiger partial charge is 0.387 e. The predicted octanol–water partition coefficient (Wildman–Crippen LogP) is 4.73. The van der Waals surface area contributed by atoms with Crippen molar-refractivity contribution in [1.82, 2.24) is 15.3 Å². The van der Waals surface area contributed by atoms with Gasteiger partial charge in [0.15, 0.2) is 11.5 Å². The molecule has 0 atom stereocenters. The molecule has 1 saturated carbocycles. The van der Waals surface area contributed by atoms with E-state index in [1.165, 1.54) is 24.5 Å². The van der Waals surface area contributed by atoms with Crippen LogP contribution in [0, 0.1) is 13.8 Å². The van der Waals surface area contributed by atoms with Gasteiger partial charge in [-0.05, 0) is 49.9 Å². The molecule has 0 saturated heterocycles. The van der Waals surface area contributed by atoms with E-state index in [1.807, 2.05) is 13.8 Å². The Morgan fingerprint density at radius 2 is 2.03 bits per heavy atom. The molecule has 0 radical (unpaired) electrons. The third kappa shape index (κ3) is 4.07. The van der Waals surface area contributed by atoms with Crippen LogP contribution in [0.15, 0.2) is 18.2 Å². The fourth-order valence-corrected chi connectivity index (χ4v) is 4.53. The fourth-order valence-electron chi connectivity index (χ4n) is 3.38. The van der Waals surface area contributed by atoms with Crippen LogP contribution in [0.2, 0.25) is 0 Å². The van der Waals surface area contributed by atoms with Gasteiger partial charge < -0.3 is 14.8 Å². The number of amides is 1. The first kappa shape index (κ1) is 20.5. The molecule has 0 unspecified atom stereocenters. The second-order valence-electron chi connectivity index (χ2n) is 7.22. The minimum absolute atomic E-state index is 0.0524. The number of alkyl halides is 2. The largest absolute Gasteiger partial charge is 0.493 e. The average Bonchev–Trinajstić information content (AvgIpc) is 3.50. The number of fused-ring (bicyclic) bond motifs is 1. The SMILES string of the molecule is COc1cc(CNC(=O)c2sc3nc(C4CC4)nc(C)c3c2C)ccc1OC(F)F. The van der Waals surface area contributed by atoms with Crippen molar-refractivity contribution in [2.45, 2.75) is 45.8 Å². The maximum atomic E-state index is 12.8. The number of hydrogen-bond donors (Lipinski definition) is 1. The van der Waals surface area contributed by atoms with E-state index >= 15 is 0 Å². The number of methoxy groups -OCH3 is 1. The Labute approximate surface area is 176 Å². The second kappa shape index (κ2) is 8.14. The summed E-state index contributed by atoms with van der Waals surface area (Å²) in [6.45, 7) is 1.13. The molecule has 2 heterocycles. The van der Waals surface area contributed by atoms with E-state index in [0.717, 1.165) is 40.1 Å². The first-order chi connectivity index (χ1) is 14.4. The highest BCUT2D eigenvalue weighted by Gasteiger charge is 2.28. The van der Waals surface area contributed by atoms with E-state index in [-0.39, 0.29) is 24.0 Å². The summed E-state index contributed by atoms with van der Waals surface area (Å²) in [6.07, 6.45) is 2.24. The summed E-state index contributed by atoms with van der Waals surface area (Å²) in [5, 5.41) is 3.81. The lowest BCUT2D eigenvalue weighted by Gasteiger charge is -2.12. The Hall–Kier alpha value is -2.81. The molecule has 0 spiro atoms. The van der Waals surface area contributed by atoms with Crippen LogP contribution in [-0.4, -0.2) is 29.6 Å². The van der Waals surface area contributed by atoms with Crippen molar-refractivity contribution >= 4 is 27.5 Å². The Morgan fingerprint density at radius 1 is 1.27 bits per heavy atom. The molecule has 9 heteroatoms. The maximum absolute atomic E-state index is 12.8. The van der Waals surface area contributed by atoms with E-state index in [0.29, 0.717) is 16.4 Å². The number of carbonyl (C=O) groups is 1. The van der Waals surface area contributed by atoms with Crippen LogP contribution in [-0.2, 0) is 6.54 Å². The molecule has 1 aromatic carbocycles. The van der Waals surface area contributed by atoms with Crippen LogP contribution in [0.3, 0.4) is 0 Å². The van der Waals surface area contributed by atoms with Crippen LogP contribution in [0.4, 0.5) is 8.78 Å². The van der Waals surface area contributed by atoms with Crippen LogP contribution in [0.1, 0.15) is 51.1 Å². The lowest BCUT2D eigenvalue weighted by Crippen LogP contribution is -2.22. The summed E-state index contributed by atoms with van der Waals surface area (Å²) in [5.74, 6) is 1.22. The van der Waals surface area contributed by atoms with Gasteiger partial charge >= 0.3 is 6.61 Å². The normalized spacial score (nSPS) is 13.7. The molecule has 1 aliphatic rings. The highest BCUT2D eigenvalue weighted by molar-refractivity contribution is 7.20. The maximum Gasteiger partial charge on any atom is 0.387 e. The van der Waals surface area contributed by atoms with Crippen LogP contribution < -0.4 is 14.8 Å². The summed E-state index contributed by atoms with van der Waals surface area (Å²) in [5.41, 5.74) is 2.47. The molecular formula is C21H21F2N3O3S. The molecule has 4 rings (SSSR count). The van der Waals surface area contributed by atoms with Gasteiger partial charge in [0, 0.05) is 17.8 Å². The van der Waals surface area contributed by atoms with Crippen LogP contribution >= 0.6 is 11.3 Å². The zero-order valence-electron chi connectivity index (χ0n) is 16.8. The third-order valence-electron chi connectivity index (χ3n) is 5.03. The lowest BCUT2D eigenvalue weighted by atomic mass is 10.1. The van der Waals surface area contributed by atoms with Gasteiger partial charge in [-0.15, -0.1) is 11.3 Å². The number of nitrogens with one attached hydrogen (secondary N) is 1. The monoisotopic (exact) mass is 433 g/mol. The van der Waals surface area contributed by atoms with Gasteiger partial charge in [0.1, 0.15) is 10.7 Å². The molecule has 2 aromatic heterocycles. The Balaban J connectivity index is 1.52. The Bertz CT molecular complexity index is 1110. The number of aromatic nitrogens is 2. The topological polar surface area (TPSA) is 73.3 Å². The van der Waals surface area contributed by atoms with Gasteiger partial charge in [-0.2, -0.15) is 8.78 Å². The van der Waals surface area contributed by atoms with E-state index in [9.17, 15) is 13.6 Å². The zero-order valence-corrected chi connectivity index (χ0v) is 17.6. The molecule has 1 fully saturated rings. The molecule has 1 aliphatic carbocycles. The van der Waals surface area contributed by atoms with Gasteiger partial charge in [-0.1, -0.05) is 6.07 Å². The highest BCUT2D eigenvalue weighted by atomic mass is 32.1. The lowest BCUT2D eigenvalue weighted by molar-refractivity contribution is -0.0512. The molecular weight excluding hydrogens is 412 g/mol. The zero-order chi connectivity index (χ0) is 21.4. The Morgan fingerprint density at radius 3 is 2.70 bits per heavy atom. The number of aryl methyl sites for hydroxylation is 2. The molecule has 1 N–H and O–H groups in total. The molecule has 0 bridgehead atoms. The van der Waals surface area contributed by atoms with Crippen molar-refractivity contribution in [1.29, 1.82) is 0 Å². The third-order valence-corrected chi connectivity index (χ3v) is 6.22. The Kier molecular flexibility index (Phi) is 5.55. The van der Waals surface area contributed by atoms with E-state index in [4.69, 9.17) is 4.74 Å². The van der Waals surface area contributed by atoms with Crippen LogP contribution in [0.25, 0.3) is 10.2 Å². The summed E-state index contributed by atoms with van der Waals surface area (Å²) in [6, 6.07) is 4.57. The number of benzene rings is 1. The van der Waals surface area contributed by atoms with Gasteiger partial charge in [0.05, 0.1) is 17.7 Å². The van der Waals surface area contributed by atoms with Gasteiger partial charge in [0.2, 0.25) is 0 Å². The number of carbonyl (C=O) groups excluding carboxylic acids is 1. The first-order valence-corrected chi connectivity index (χ1v) is 10.4. The fraction of sp³-hybridized carbons (Fsp3) is 0.381. The number of rotatable bonds is 7. The minimum atomic E-state index is -2.94. The first-order valence-electron chi connectivity index (χ1n) is 9.55. The van der Waals surface area contributed by atoms with Gasteiger partial charge in [-0.25, -0.2) is 9.97 Å². The minimum Gasteiger partial charge on any atom is -0.493 e. The number of thiophene rings is 1. The van der Waals surface area contributed by atoms with Crippen molar-refractivity contribution in [3.05, 3.63) is 45.7 Å². The van der Waals surface area contributed by atoms with E-state index < -0.39 is 6.61 Å². The number of hydrogen-bond acceptors (Lipinski definition) is 6.